The van der Waals surface area contributed by atoms with E-state index in [4.69, 9.17) is 16.3 Å². The zero-order valence-electron chi connectivity index (χ0n) is 16.6. The van der Waals surface area contributed by atoms with Gasteiger partial charge in [0.25, 0.3) is 5.91 Å². The first kappa shape index (κ1) is 22.3. The summed E-state index contributed by atoms with van der Waals surface area (Å²) in [5.41, 5.74) is 0.742. The van der Waals surface area contributed by atoms with Gasteiger partial charge in [0.05, 0.1) is 10.5 Å². The highest BCUT2D eigenvalue weighted by molar-refractivity contribution is 7.89. The van der Waals surface area contributed by atoms with E-state index in [9.17, 15) is 18.0 Å². The Labute approximate surface area is 181 Å². The number of anilines is 1. The zero-order chi connectivity index (χ0) is 21.7. The third kappa shape index (κ3) is 5.38. The molecular formula is C21H23ClN2O5S. The molecule has 0 unspecified atom stereocenters. The molecule has 30 heavy (non-hydrogen) atoms. The van der Waals surface area contributed by atoms with Crippen molar-refractivity contribution in [2.24, 2.45) is 0 Å². The number of ether oxygens (including phenoxy) is 1. The zero-order valence-corrected chi connectivity index (χ0v) is 18.1. The molecule has 0 aromatic heterocycles. The Morgan fingerprint density at radius 2 is 1.73 bits per heavy atom. The van der Waals surface area contributed by atoms with Gasteiger partial charge in [-0.05, 0) is 62.2 Å². The van der Waals surface area contributed by atoms with Gasteiger partial charge < -0.3 is 10.1 Å². The highest BCUT2D eigenvalue weighted by Crippen LogP contribution is 2.24. The lowest BCUT2D eigenvalue weighted by molar-refractivity contribution is -0.118. The van der Waals surface area contributed by atoms with Gasteiger partial charge in [0.15, 0.2) is 12.4 Å². The SMILES string of the molecule is CC(=O)c1cc(Cl)ccc1OCC(=O)Nc1ccc(S(=O)(=O)N2CCCCC2)cc1. The summed E-state index contributed by atoms with van der Waals surface area (Å²) in [6.45, 7) is 2.14. The molecule has 2 aromatic carbocycles. The van der Waals surface area contributed by atoms with Crippen LogP contribution < -0.4 is 10.1 Å². The van der Waals surface area contributed by atoms with Crippen molar-refractivity contribution in [3.8, 4) is 5.75 Å². The van der Waals surface area contributed by atoms with Gasteiger partial charge in [0.2, 0.25) is 10.0 Å². The Bertz CT molecular complexity index is 1030. The molecule has 2 aromatic rings. The predicted molar refractivity (Wildman–Crippen MR) is 115 cm³/mol. The number of piperidine rings is 1. The standard InChI is InChI=1S/C21H23ClN2O5S/c1-15(25)19-13-16(22)5-10-20(19)29-14-21(26)23-17-6-8-18(9-7-17)30(27,28)24-11-3-2-4-12-24/h5-10,13H,2-4,11-12,14H2,1H3,(H,23,26). The van der Waals surface area contributed by atoms with Gasteiger partial charge in [-0.15, -0.1) is 0 Å². The molecule has 0 atom stereocenters. The molecule has 1 N–H and O–H groups in total. The molecule has 7 nitrogen and oxygen atoms in total. The van der Waals surface area contributed by atoms with Crippen molar-refractivity contribution in [3.05, 3.63) is 53.1 Å². The van der Waals surface area contributed by atoms with E-state index in [-0.39, 0.29) is 23.0 Å². The highest BCUT2D eigenvalue weighted by Gasteiger charge is 2.25. The van der Waals surface area contributed by atoms with E-state index in [1.54, 1.807) is 6.07 Å². The van der Waals surface area contributed by atoms with Gasteiger partial charge in [-0.2, -0.15) is 4.31 Å². The maximum atomic E-state index is 12.7. The molecule has 1 aliphatic heterocycles. The largest absolute Gasteiger partial charge is 0.483 e. The topological polar surface area (TPSA) is 92.8 Å². The Kier molecular flexibility index (Phi) is 7.12. The third-order valence-electron chi connectivity index (χ3n) is 4.77. The van der Waals surface area contributed by atoms with Crippen LogP contribution in [0.3, 0.4) is 0 Å². The quantitative estimate of drug-likeness (QED) is 0.649. The molecule has 0 aliphatic carbocycles. The van der Waals surface area contributed by atoms with E-state index in [1.165, 1.54) is 47.6 Å². The van der Waals surface area contributed by atoms with E-state index in [0.29, 0.717) is 29.4 Å². The summed E-state index contributed by atoms with van der Waals surface area (Å²) in [6, 6.07) is 10.6. The monoisotopic (exact) mass is 450 g/mol. The van der Waals surface area contributed by atoms with Crippen molar-refractivity contribution in [2.45, 2.75) is 31.1 Å². The van der Waals surface area contributed by atoms with Crippen molar-refractivity contribution in [1.82, 2.24) is 4.31 Å². The summed E-state index contributed by atoms with van der Waals surface area (Å²) in [5, 5.41) is 3.05. The van der Waals surface area contributed by atoms with Crippen molar-refractivity contribution in [1.29, 1.82) is 0 Å². The maximum absolute atomic E-state index is 12.7. The van der Waals surface area contributed by atoms with Crippen LogP contribution in [-0.4, -0.2) is 44.1 Å². The van der Waals surface area contributed by atoms with Gasteiger partial charge in [-0.25, -0.2) is 8.42 Å². The minimum Gasteiger partial charge on any atom is -0.483 e. The third-order valence-corrected chi connectivity index (χ3v) is 6.92. The van der Waals surface area contributed by atoms with Gasteiger partial charge in [-0.3, -0.25) is 9.59 Å². The molecule has 1 saturated heterocycles. The van der Waals surface area contributed by atoms with Crippen molar-refractivity contribution < 1.29 is 22.7 Å². The molecule has 1 fully saturated rings. The number of benzene rings is 2. The van der Waals surface area contributed by atoms with E-state index < -0.39 is 15.9 Å². The Morgan fingerprint density at radius 1 is 1.07 bits per heavy atom. The summed E-state index contributed by atoms with van der Waals surface area (Å²) < 4.78 is 32.3. The lowest BCUT2D eigenvalue weighted by Crippen LogP contribution is -2.35. The van der Waals surface area contributed by atoms with Crippen LogP contribution >= 0.6 is 11.6 Å². The minimum absolute atomic E-state index is 0.200. The Balaban J connectivity index is 1.61. The molecule has 0 bridgehead atoms. The van der Waals surface area contributed by atoms with Gasteiger partial charge in [-0.1, -0.05) is 18.0 Å². The van der Waals surface area contributed by atoms with Crippen LogP contribution in [0.4, 0.5) is 5.69 Å². The van der Waals surface area contributed by atoms with Gasteiger partial charge >= 0.3 is 0 Å². The lowest BCUT2D eigenvalue weighted by atomic mass is 10.1. The van der Waals surface area contributed by atoms with Crippen LogP contribution in [-0.2, 0) is 14.8 Å². The van der Waals surface area contributed by atoms with Crippen molar-refractivity contribution in [2.75, 3.05) is 25.0 Å². The normalized spacial score (nSPS) is 14.9. The number of nitrogens with one attached hydrogen (secondary N) is 1. The predicted octanol–water partition coefficient (Wildman–Crippen LogP) is 3.73. The fourth-order valence-corrected chi connectivity index (χ4v) is 4.90. The number of hydrogen-bond donors (Lipinski definition) is 1. The average Bonchev–Trinajstić information content (AvgIpc) is 2.73. The van der Waals surface area contributed by atoms with Gasteiger partial charge in [0, 0.05) is 23.8 Å². The number of hydrogen-bond acceptors (Lipinski definition) is 5. The number of carbonyl (C=O) groups excluding carboxylic acids is 2. The highest BCUT2D eigenvalue weighted by atomic mass is 35.5. The van der Waals surface area contributed by atoms with Crippen molar-refractivity contribution in [3.63, 3.8) is 0 Å². The first-order valence-electron chi connectivity index (χ1n) is 9.61. The Morgan fingerprint density at radius 3 is 2.37 bits per heavy atom. The molecule has 0 saturated carbocycles. The molecular weight excluding hydrogens is 428 g/mol. The number of ketones is 1. The second-order valence-corrected chi connectivity index (χ2v) is 9.40. The number of sulfonamides is 1. The van der Waals surface area contributed by atoms with Crippen LogP contribution in [0.25, 0.3) is 0 Å². The summed E-state index contributed by atoms with van der Waals surface area (Å²) in [7, 11) is -3.52. The molecule has 0 radical (unpaired) electrons. The minimum atomic E-state index is -3.52. The van der Waals surface area contributed by atoms with E-state index in [0.717, 1.165) is 19.3 Å². The number of nitrogens with zero attached hydrogens (tertiary/aromatic N) is 1. The first-order chi connectivity index (χ1) is 14.3. The van der Waals surface area contributed by atoms with Crippen LogP contribution in [0.1, 0.15) is 36.5 Å². The van der Waals surface area contributed by atoms with Crippen LogP contribution in [0.2, 0.25) is 5.02 Å². The average molecular weight is 451 g/mol. The van der Waals surface area contributed by atoms with Crippen LogP contribution in [0.15, 0.2) is 47.4 Å². The second-order valence-electron chi connectivity index (χ2n) is 7.02. The fourth-order valence-electron chi connectivity index (χ4n) is 3.21. The molecule has 1 heterocycles. The molecule has 1 amide bonds. The molecule has 0 spiro atoms. The second kappa shape index (κ2) is 9.59. The van der Waals surface area contributed by atoms with Gasteiger partial charge in [0.1, 0.15) is 5.75 Å². The number of carbonyl (C=O) groups is 2. The van der Waals surface area contributed by atoms with Crippen LogP contribution in [0, 0.1) is 0 Å². The summed E-state index contributed by atoms with van der Waals surface area (Å²) in [4.78, 5) is 24.1. The number of Topliss-reactive ketones (excluding diaryl/α,β-unsaturated/α-hetero) is 1. The summed E-state index contributed by atoms with van der Waals surface area (Å²) in [5.74, 6) is -0.394. The van der Waals surface area contributed by atoms with Crippen LogP contribution in [0.5, 0.6) is 5.75 Å². The molecule has 1 aliphatic rings. The lowest BCUT2D eigenvalue weighted by Gasteiger charge is -2.25. The first-order valence-corrected chi connectivity index (χ1v) is 11.4. The molecule has 160 valence electrons. The summed E-state index contributed by atoms with van der Waals surface area (Å²) >= 11 is 5.89. The molecule has 3 rings (SSSR count). The summed E-state index contributed by atoms with van der Waals surface area (Å²) in [6.07, 6.45) is 2.78. The van der Waals surface area contributed by atoms with Crippen molar-refractivity contribution >= 4 is 39.0 Å². The molecule has 9 heteroatoms. The fraction of sp³-hybridized carbons (Fsp3) is 0.333. The van der Waals surface area contributed by atoms with E-state index in [1.807, 2.05) is 0 Å². The Hall–Kier alpha value is -2.42. The number of amides is 1. The smallest absolute Gasteiger partial charge is 0.262 e. The number of rotatable bonds is 7. The maximum Gasteiger partial charge on any atom is 0.262 e. The van der Waals surface area contributed by atoms with E-state index >= 15 is 0 Å². The number of halogens is 1. The van der Waals surface area contributed by atoms with E-state index in [2.05, 4.69) is 5.32 Å².